The molecule has 3 N–H and O–H groups in total. The average molecular weight is 232 g/mol. The summed E-state index contributed by atoms with van der Waals surface area (Å²) in [7, 11) is -4.26. The number of carbonyl (C=O) groups is 1. The Kier molecular flexibility index (Phi) is 2.96. The van der Waals surface area contributed by atoms with Gasteiger partial charge in [-0.25, -0.2) is 0 Å². The van der Waals surface area contributed by atoms with Crippen LogP contribution in [0.25, 0.3) is 0 Å². The first-order valence-corrected chi connectivity index (χ1v) is 5.76. The summed E-state index contributed by atoms with van der Waals surface area (Å²) in [6, 6.07) is 0. The number of nitrogens with zero attached hydrogens (tertiary/aromatic N) is 1. The molecule has 15 heavy (non-hydrogen) atoms. The number of rotatable bonds is 4. The van der Waals surface area contributed by atoms with Crippen molar-refractivity contribution in [2.45, 2.75) is 24.1 Å². The van der Waals surface area contributed by atoms with Gasteiger partial charge in [0.25, 0.3) is 10.1 Å². The van der Waals surface area contributed by atoms with Crippen molar-refractivity contribution >= 4 is 22.2 Å². The molecule has 0 fully saturated rings. The molecule has 0 saturated carbocycles. The Morgan fingerprint density at radius 2 is 2.27 bits per heavy atom. The van der Waals surface area contributed by atoms with Crippen LogP contribution in [-0.4, -0.2) is 35.9 Å². The molecule has 7 heteroatoms. The fraction of sp³-hybridized carbons (Fsp3) is 0.500. The maximum Gasteiger partial charge on any atom is 0.270 e. The van der Waals surface area contributed by atoms with Crippen LogP contribution in [0.15, 0.2) is 17.1 Å². The summed E-state index contributed by atoms with van der Waals surface area (Å²) >= 11 is 0. The monoisotopic (exact) mass is 232 g/mol. The molecule has 1 rings (SSSR count). The van der Waals surface area contributed by atoms with Crippen molar-refractivity contribution in [3.8, 4) is 0 Å². The maximum absolute atomic E-state index is 11.0. The highest BCUT2D eigenvalue weighted by molar-refractivity contribution is 7.86. The highest BCUT2D eigenvalue weighted by Gasteiger charge is 2.42. The Bertz CT molecular complexity index is 412. The van der Waals surface area contributed by atoms with Gasteiger partial charge in [-0.3, -0.25) is 14.3 Å². The molecule has 0 aliphatic carbocycles. The fourth-order valence-electron chi connectivity index (χ4n) is 1.46. The lowest BCUT2D eigenvalue weighted by atomic mass is 9.93. The summed E-state index contributed by atoms with van der Waals surface area (Å²) in [5.41, 5.74) is 3.75. The van der Waals surface area contributed by atoms with Crippen LogP contribution in [0.4, 0.5) is 0 Å². The van der Waals surface area contributed by atoms with Crippen LogP contribution >= 0.6 is 0 Å². The van der Waals surface area contributed by atoms with Crippen molar-refractivity contribution in [2.24, 2.45) is 10.7 Å². The van der Waals surface area contributed by atoms with E-state index in [0.717, 1.165) is 0 Å². The van der Waals surface area contributed by atoms with Crippen molar-refractivity contribution in [2.75, 3.05) is 0 Å². The molecule has 0 aromatic carbocycles. The second-order valence-corrected chi connectivity index (χ2v) is 5.17. The van der Waals surface area contributed by atoms with Crippen LogP contribution in [-0.2, 0) is 14.9 Å². The van der Waals surface area contributed by atoms with Crippen molar-refractivity contribution in [1.29, 1.82) is 0 Å². The summed E-state index contributed by atoms with van der Waals surface area (Å²) in [5.74, 6) is -0.672. The first-order valence-electron chi connectivity index (χ1n) is 4.25. The predicted octanol–water partition coefficient (Wildman–Crippen LogP) is -0.482. The first-order chi connectivity index (χ1) is 6.78. The van der Waals surface area contributed by atoms with Crippen LogP contribution < -0.4 is 5.73 Å². The second-order valence-electron chi connectivity index (χ2n) is 3.43. The normalized spacial score (nSPS) is 26.8. The first kappa shape index (κ1) is 11.9. The minimum absolute atomic E-state index is 0.249. The van der Waals surface area contributed by atoms with E-state index in [1.807, 2.05) is 0 Å². The number of amides is 1. The zero-order valence-corrected chi connectivity index (χ0v) is 8.94. The summed E-state index contributed by atoms with van der Waals surface area (Å²) in [6.45, 7) is 1.28. The second kappa shape index (κ2) is 3.74. The van der Waals surface area contributed by atoms with Gasteiger partial charge in [0, 0.05) is 6.21 Å². The van der Waals surface area contributed by atoms with E-state index < -0.39 is 26.8 Å². The van der Waals surface area contributed by atoms with E-state index in [9.17, 15) is 13.2 Å². The molecule has 2 atom stereocenters. The minimum Gasteiger partial charge on any atom is -0.370 e. The van der Waals surface area contributed by atoms with Crippen LogP contribution in [0.2, 0.25) is 0 Å². The third-order valence-electron chi connectivity index (χ3n) is 2.39. The van der Waals surface area contributed by atoms with Crippen LogP contribution in [0.3, 0.4) is 0 Å². The van der Waals surface area contributed by atoms with Gasteiger partial charge >= 0.3 is 0 Å². The summed E-state index contributed by atoms with van der Waals surface area (Å²) in [4.78, 5) is 14.7. The molecule has 2 unspecified atom stereocenters. The Labute approximate surface area is 87.6 Å². The van der Waals surface area contributed by atoms with E-state index in [4.69, 9.17) is 10.3 Å². The Morgan fingerprint density at radius 3 is 2.60 bits per heavy atom. The van der Waals surface area contributed by atoms with Gasteiger partial charge in [-0.1, -0.05) is 6.08 Å². The maximum atomic E-state index is 11.0. The van der Waals surface area contributed by atoms with Crippen molar-refractivity contribution in [3.63, 3.8) is 0 Å². The van der Waals surface area contributed by atoms with Crippen molar-refractivity contribution < 1.29 is 17.8 Å². The number of carbonyl (C=O) groups excluding carboxylic acids is 1. The molecular weight excluding hydrogens is 220 g/mol. The number of nitrogens with two attached hydrogens (primary N) is 1. The van der Waals surface area contributed by atoms with Gasteiger partial charge in [0.1, 0.15) is 10.8 Å². The number of allylic oxidation sites excluding steroid dienone is 1. The quantitative estimate of drug-likeness (QED) is 0.637. The van der Waals surface area contributed by atoms with E-state index >= 15 is 0 Å². The molecule has 0 saturated heterocycles. The molecule has 1 aliphatic rings. The van der Waals surface area contributed by atoms with Crippen LogP contribution in [0, 0.1) is 0 Å². The molecule has 0 aromatic rings. The van der Waals surface area contributed by atoms with Gasteiger partial charge in [0.2, 0.25) is 5.91 Å². The highest BCUT2D eigenvalue weighted by Crippen LogP contribution is 2.29. The average Bonchev–Trinajstić information content (AvgIpc) is 2.50. The smallest absolute Gasteiger partial charge is 0.270 e. The molecule has 84 valence electrons. The minimum atomic E-state index is -4.26. The van der Waals surface area contributed by atoms with Gasteiger partial charge in [0.15, 0.2) is 0 Å². The number of aliphatic imine (C=N–C) groups is 1. The third kappa shape index (κ3) is 2.42. The zero-order valence-electron chi connectivity index (χ0n) is 8.12. The molecule has 0 bridgehead atoms. The third-order valence-corrected chi connectivity index (χ3v) is 3.70. The number of hydrogen-bond acceptors (Lipinski definition) is 4. The highest BCUT2D eigenvalue weighted by atomic mass is 32.2. The molecular formula is C8H12N2O4S. The lowest BCUT2D eigenvalue weighted by molar-refractivity contribution is -0.118. The Hall–Kier alpha value is -1.21. The Morgan fingerprint density at radius 1 is 1.67 bits per heavy atom. The summed E-state index contributed by atoms with van der Waals surface area (Å²) in [6.07, 6.45) is 4.10. The lowest BCUT2D eigenvalue weighted by Crippen LogP contribution is -2.43. The van der Waals surface area contributed by atoms with Crippen LogP contribution in [0.1, 0.15) is 13.3 Å². The topological polar surface area (TPSA) is 110 Å². The van der Waals surface area contributed by atoms with Gasteiger partial charge in [-0.05, 0) is 13.0 Å². The van der Waals surface area contributed by atoms with E-state index in [1.165, 1.54) is 25.3 Å². The molecule has 1 aliphatic heterocycles. The molecule has 0 spiro atoms. The van der Waals surface area contributed by atoms with Gasteiger partial charge in [-0.15, -0.1) is 0 Å². The van der Waals surface area contributed by atoms with E-state index in [2.05, 4.69) is 4.99 Å². The molecule has 1 heterocycles. The standard InChI is InChI=1S/C8H12N2O4S/c1-6(15(12,13)14)8(5-7(9)11)3-2-4-10-8/h2-4,6H,5H2,1H3,(H2,9,11)(H,12,13,14). The van der Waals surface area contributed by atoms with E-state index in [-0.39, 0.29) is 6.42 Å². The summed E-state index contributed by atoms with van der Waals surface area (Å²) < 4.78 is 30.9. The van der Waals surface area contributed by atoms with Gasteiger partial charge < -0.3 is 5.73 Å². The lowest BCUT2D eigenvalue weighted by Gasteiger charge is -2.27. The SMILES string of the molecule is CC(C1(CC(N)=O)C=CC=N1)S(=O)(=O)O. The molecule has 6 nitrogen and oxygen atoms in total. The number of hydrogen-bond donors (Lipinski definition) is 2. The molecule has 1 amide bonds. The van der Waals surface area contributed by atoms with Crippen molar-refractivity contribution in [1.82, 2.24) is 0 Å². The largest absolute Gasteiger partial charge is 0.370 e. The van der Waals surface area contributed by atoms with Crippen LogP contribution in [0.5, 0.6) is 0 Å². The van der Waals surface area contributed by atoms with Gasteiger partial charge in [0.05, 0.1) is 6.42 Å². The zero-order chi connectivity index (χ0) is 11.7. The van der Waals surface area contributed by atoms with E-state index in [0.29, 0.717) is 0 Å². The van der Waals surface area contributed by atoms with Gasteiger partial charge in [-0.2, -0.15) is 8.42 Å². The van der Waals surface area contributed by atoms with E-state index in [1.54, 1.807) is 0 Å². The number of primary amides is 1. The Balaban J connectivity index is 3.09. The molecule has 0 radical (unpaired) electrons. The summed E-state index contributed by atoms with van der Waals surface area (Å²) in [5, 5.41) is -1.20. The van der Waals surface area contributed by atoms with Crippen molar-refractivity contribution in [3.05, 3.63) is 12.2 Å². The fourth-order valence-corrected chi connectivity index (χ4v) is 2.20. The predicted molar refractivity (Wildman–Crippen MR) is 55.2 cm³/mol. The molecule has 0 aromatic heterocycles.